The van der Waals surface area contributed by atoms with Gasteiger partial charge in [0.05, 0.1) is 0 Å². The SMILES string of the molecule is C=C1[C-]=c2c(=C)ccc(=C)c2=C1.Cl.Cl.[C-]1=CC=CC1.[Zr+2]. The number of hydrogen-bond acceptors (Lipinski definition) is 0. The molecule has 0 radical (unpaired) electrons. The van der Waals surface area contributed by atoms with E-state index in [0.29, 0.717) is 0 Å². The van der Waals surface area contributed by atoms with E-state index in [0.717, 1.165) is 32.9 Å². The van der Waals surface area contributed by atoms with E-state index in [4.69, 9.17) is 0 Å². The van der Waals surface area contributed by atoms with E-state index < -0.39 is 0 Å². The molecule has 0 atom stereocenters. The van der Waals surface area contributed by atoms with Crippen molar-refractivity contribution in [3.8, 4) is 0 Å². The molecule has 0 saturated heterocycles. The summed E-state index contributed by atoms with van der Waals surface area (Å²) in [6, 6.07) is 3.93. The third kappa shape index (κ3) is 5.40. The van der Waals surface area contributed by atoms with Gasteiger partial charge < -0.3 is 0 Å². The maximum absolute atomic E-state index is 3.93. The molecule has 0 spiro atoms. The first kappa shape index (κ1) is 21.7. The van der Waals surface area contributed by atoms with Crippen LogP contribution in [-0.4, -0.2) is 0 Å². The Morgan fingerprint density at radius 1 is 1.00 bits per heavy atom. The summed E-state index contributed by atoms with van der Waals surface area (Å²) in [5.41, 5.74) is 0.908. The Labute approximate surface area is 151 Å². The quantitative estimate of drug-likeness (QED) is 0.599. The molecule has 3 heteroatoms. The largest absolute Gasteiger partial charge is 2.00 e. The van der Waals surface area contributed by atoms with Crippen LogP contribution in [0.25, 0.3) is 25.3 Å². The second-order valence-electron chi connectivity index (χ2n) is 3.97. The molecule has 0 aromatic heterocycles. The van der Waals surface area contributed by atoms with Gasteiger partial charge in [0.25, 0.3) is 0 Å². The molecule has 3 rings (SSSR count). The Balaban J connectivity index is 0. The molecule has 0 heterocycles. The fourth-order valence-corrected chi connectivity index (χ4v) is 1.73. The van der Waals surface area contributed by atoms with Crippen molar-refractivity contribution in [1.29, 1.82) is 0 Å². The van der Waals surface area contributed by atoms with Gasteiger partial charge in [-0.05, 0) is 0 Å². The molecule has 0 saturated carbocycles. The summed E-state index contributed by atoms with van der Waals surface area (Å²) < 4.78 is 0. The standard InChI is InChI=1S/C12H9.C5H5.2ClH.Zr/c1-8-6-11-9(2)4-5-10(3)12(11)7-8;1-2-4-5-3-1;;;/h4-6H,1-3H2;1-3H,4H2;2*1H;/q2*-1;;;+2. The third-order valence-corrected chi connectivity index (χ3v) is 2.61. The van der Waals surface area contributed by atoms with E-state index in [1.54, 1.807) is 0 Å². The molecule has 0 fully saturated rings. The summed E-state index contributed by atoms with van der Waals surface area (Å²) in [5, 5.41) is 4.18. The van der Waals surface area contributed by atoms with E-state index in [9.17, 15) is 0 Å². The van der Waals surface area contributed by atoms with Crippen molar-refractivity contribution in [2.75, 3.05) is 0 Å². The minimum absolute atomic E-state index is 0. The van der Waals surface area contributed by atoms with Gasteiger partial charge in [0, 0.05) is 0 Å². The smallest absolute Gasteiger partial charge is 0.273 e. The molecule has 2 aliphatic carbocycles. The van der Waals surface area contributed by atoms with E-state index in [-0.39, 0.29) is 51.0 Å². The first-order valence-corrected chi connectivity index (χ1v) is 5.52. The first-order valence-electron chi connectivity index (χ1n) is 5.52. The van der Waals surface area contributed by atoms with E-state index in [1.165, 1.54) is 0 Å². The first-order chi connectivity index (χ1) is 8.18. The van der Waals surface area contributed by atoms with Crippen LogP contribution in [0.3, 0.4) is 0 Å². The minimum atomic E-state index is 0. The van der Waals surface area contributed by atoms with Crippen LogP contribution in [0.4, 0.5) is 0 Å². The average Bonchev–Trinajstić information content (AvgIpc) is 2.95. The summed E-state index contributed by atoms with van der Waals surface area (Å²) in [6.07, 6.45) is 15.1. The summed E-state index contributed by atoms with van der Waals surface area (Å²) in [7, 11) is 0. The Morgan fingerprint density at radius 3 is 2.10 bits per heavy atom. The molecular weight excluding hydrogens is 366 g/mol. The zero-order valence-electron chi connectivity index (χ0n) is 11.1. The zero-order valence-corrected chi connectivity index (χ0v) is 15.2. The van der Waals surface area contributed by atoms with Gasteiger partial charge in [-0.15, -0.1) is 66.0 Å². The number of benzene rings is 1. The zero-order chi connectivity index (χ0) is 12.3. The Hall–Kier alpha value is -0.617. The van der Waals surface area contributed by atoms with Crippen molar-refractivity contribution in [1.82, 2.24) is 0 Å². The predicted octanol–water partition coefficient (Wildman–Crippen LogP) is 1.66. The minimum Gasteiger partial charge on any atom is -0.273 e. The molecule has 1 aromatic carbocycles. The van der Waals surface area contributed by atoms with Crippen molar-refractivity contribution >= 4 is 50.1 Å². The molecule has 102 valence electrons. The average molecular weight is 382 g/mol. The van der Waals surface area contributed by atoms with Gasteiger partial charge in [0.1, 0.15) is 0 Å². The fourth-order valence-electron chi connectivity index (χ4n) is 1.73. The van der Waals surface area contributed by atoms with Crippen molar-refractivity contribution < 1.29 is 26.2 Å². The molecule has 20 heavy (non-hydrogen) atoms. The third-order valence-electron chi connectivity index (χ3n) is 2.61. The van der Waals surface area contributed by atoms with Gasteiger partial charge in [-0.25, -0.2) is 12.2 Å². The molecule has 0 aliphatic heterocycles. The van der Waals surface area contributed by atoms with Crippen molar-refractivity contribution in [2.45, 2.75) is 6.42 Å². The van der Waals surface area contributed by atoms with Gasteiger partial charge in [0.2, 0.25) is 0 Å². The van der Waals surface area contributed by atoms with Crippen LogP contribution in [-0.2, 0) is 26.2 Å². The molecule has 1 aromatic rings. The summed E-state index contributed by atoms with van der Waals surface area (Å²) >= 11 is 0. The van der Waals surface area contributed by atoms with Crippen LogP contribution in [0, 0.1) is 6.08 Å². The Morgan fingerprint density at radius 2 is 1.65 bits per heavy atom. The molecule has 0 amide bonds. The van der Waals surface area contributed by atoms with Crippen LogP contribution >= 0.6 is 24.8 Å². The molecule has 0 N–H and O–H groups in total. The second-order valence-corrected chi connectivity index (χ2v) is 3.97. The monoisotopic (exact) mass is 380 g/mol. The van der Waals surface area contributed by atoms with Crippen LogP contribution in [0.2, 0.25) is 0 Å². The summed E-state index contributed by atoms with van der Waals surface area (Å²) in [6.45, 7) is 11.7. The predicted molar refractivity (Wildman–Crippen MR) is 89.1 cm³/mol. The Bertz CT molecular complexity index is 666. The van der Waals surface area contributed by atoms with Gasteiger partial charge in [-0.2, -0.15) is 12.7 Å². The molecule has 2 aliphatic rings. The maximum atomic E-state index is 3.93. The van der Waals surface area contributed by atoms with Gasteiger partial charge in [-0.1, -0.05) is 29.1 Å². The fraction of sp³-hybridized carbons (Fsp3) is 0.0588. The second kappa shape index (κ2) is 10.2. The van der Waals surface area contributed by atoms with E-state index in [1.807, 2.05) is 30.4 Å². The molecule has 0 bridgehead atoms. The van der Waals surface area contributed by atoms with Crippen molar-refractivity contribution in [3.05, 3.63) is 69.5 Å². The number of halogens is 2. The van der Waals surface area contributed by atoms with Crippen molar-refractivity contribution in [3.63, 3.8) is 0 Å². The number of allylic oxidation sites excluding steroid dienone is 5. The number of rotatable bonds is 0. The molecular formula is C17H16Cl2Zr. The summed E-state index contributed by atoms with van der Waals surface area (Å²) in [4.78, 5) is 0. The summed E-state index contributed by atoms with van der Waals surface area (Å²) in [5.74, 6) is 0. The van der Waals surface area contributed by atoms with Crippen molar-refractivity contribution in [2.24, 2.45) is 0 Å². The topological polar surface area (TPSA) is 0 Å². The normalized spacial score (nSPS) is 12.5. The van der Waals surface area contributed by atoms with Gasteiger partial charge in [-0.3, -0.25) is 6.08 Å². The van der Waals surface area contributed by atoms with Crippen LogP contribution in [0.5, 0.6) is 0 Å². The van der Waals surface area contributed by atoms with Crippen LogP contribution in [0.1, 0.15) is 6.42 Å². The Kier molecular flexibility index (Phi) is 11.0. The number of fused-ring (bicyclic) bond motifs is 1. The van der Waals surface area contributed by atoms with Gasteiger partial charge >= 0.3 is 26.2 Å². The van der Waals surface area contributed by atoms with Crippen LogP contribution in [0.15, 0.2) is 42.5 Å². The maximum Gasteiger partial charge on any atom is 2.00 e. The molecule has 0 unspecified atom stereocenters. The van der Waals surface area contributed by atoms with E-state index in [2.05, 4.69) is 38.0 Å². The van der Waals surface area contributed by atoms with E-state index >= 15 is 0 Å². The van der Waals surface area contributed by atoms with Gasteiger partial charge in [0.15, 0.2) is 0 Å². The molecule has 0 nitrogen and oxygen atoms in total. The van der Waals surface area contributed by atoms with Crippen LogP contribution < -0.4 is 20.9 Å². The number of hydrogen-bond donors (Lipinski definition) is 0.